The zero-order valence-electron chi connectivity index (χ0n) is 3.45. The molecular formula is H6F2O4S2. The van der Waals surface area contributed by atoms with Gasteiger partial charge in [-0.1, -0.05) is 0 Å². The first-order valence-corrected chi connectivity index (χ1v) is 2.45. The molecule has 0 aliphatic heterocycles. The van der Waals surface area contributed by atoms with Crippen LogP contribution in [0.4, 0.5) is 9.41 Å². The summed E-state index contributed by atoms with van der Waals surface area (Å²) in [7, 11) is 0. The van der Waals surface area contributed by atoms with Gasteiger partial charge in [0.25, 0.3) is 0 Å². The van der Waals surface area contributed by atoms with Crippen molar-refractivity contribution in [3.05, 3.63) is 0 Å². The minimum Gasteiger partial charge on any atom is -0.269 e. The van der Waals surface area contributed by atoms with E-state index in [1.807, 2.05) is 0 Å². The van der Waals surface area contributed by atoms with E-state index in [1.165, 1.54) is 0 Å². The predicted octanol–water partition coefficient (Wildman–Crippen LogP) is -2.11. The Labute approximate surface area is 50.2 Å². The maximum Gasteiger partial charge on any atom is 0.129 e. The first kappa shape index (κ1) is 25.1. The van der Waals surface area contributed by atoms with Crippen LogP contribution in [0.15, 0.2) is 0 Å². The summed E-state index contributed by atoms with van der Waals surface area (Å²) >= 11 is -2.83. The maximum absolute atomic E-state index is 8.40. The molecule has 8 heteroatoms. The molecule has 0 aromatic carbocycles. The molecule has 0 saturated heterocycles. The lowest BCUT2D eigenvalue weighted by Gasteiger charge is -1.07. The van der Waals surface area contributed by atoms with Gasteiger partial charge in [-0.2, -0.15) is 0 Å². The summed E-state index contributed by atoms with van der Waals surface area (Å²) < 4.78 is 33.6. The topological polar surface area (TPSA) is 68.3 Å². The predicted molar refractivity (Wildman–Crippen MR) is 28.4 cm³/mol. The van der Waals surface area contributed by atoms with Crippen LogP contribution in [0.1, 0.15) is 0 Å². The molecule has 0 heterocycles. The summed E-state index contributed by atoms with van der Waals surface area (Å²) in [5.74, 6) is 0. The van der Waals surface area contributed by atoms with Crippen LogP contribution in [-0.4, -0.2) is 16.8 Å². The molecule has 0 saturated carbocycles. The minimum absolute atomic E-state index is 0. The van der Waals surface area contributed by atoms with Gasteiger partial charge >= 0.3 is 0 Å². The zero-order valence-corrected chi connectivity index (χ0v) is 5.45. The summed E-state index contributed by atoms with van der Waals surface area (Å²) in [6.07, 6.45) is 0. The second-order valence-corrected chi connectivity index (χ2v) is 0.500. The highest BCUT2D eigenvalue weighted by molar-refractivity contribution is 7.51. The Morgan fingerprint density at radius 3 is 0.625 bits per heavy atom. The molecule has 0 atom stereocenters. The Bertz CT molecular complexity index is 66.0. The first-order valence-electron chi connectivity index (χ1n) is 0.816. The van der Waals surface area contributed by atoms with Crippen LogP contribution < -0.4 is 0 Å². The lowest BCUT2D eigenvalue weighted by atomic mass is 15.9. The van der Waals surface area contributed by atoms with Crippen molar-refractivity contribution in [3.8, 4) is 0 Å². The highest BCUT2D eigenvalue weighted by Crippen LogP contribution is 0.849. The van der Waals surface area contributed by atoms with Crippen LogP contribution >= 0.6 is 0 Å². The van der Waals surface area contributed by atoms with Gasteiger partial charge in [-0.15, -0.1) is 0 Å². The van der Waals surface area contributed by atoms with E-state index in [2.05, 4.69) is 0 Å². The number of hydrogen-bond acceptors (Lipinski definition) is 4. The van der Waals surface area contributed by atoms with Crippen molar-refractivity contribution in [3.63, 3.8) is 0 Å². The molecule has 0 fully saturated rings. The van der Waals surface area contributed by atoms with Crippen molar-refractivity contribution >= 4 is 23.1 Å². The fourth-order valence-corrected chi connectivity index (χ4v) is 0. The monoisotopic (exact) mass is 172 g/mol. The van der Waals surface area contributed by atoms with E-state index >= 15 is 0 Å². The van der Waals surface area contributed by atoms with Crippen molar-refractivity contribution in [1.29, 1.82) is 0 Å². The molecule has 0 radical (unpaired) electrons. The van der Waals surface area contributed by atoms with Crippen LogP contribution in [0.5, 0.6) is 0 Å². The van der Waals surface area contributed by atoms with E-state index < -0.39 is 23.1 Å². The van der Waals surface area contributed by atoms with E-state index in [0.717, 1.165) is 0 Å². The van der Waals surface area contributed by atoms with E-state index in [4.69, 9.17) is 16.8 Å². The molecule has 0 rings (SSSR count). The fourth-order valence-electron chi connectivity index (χ4n) is 0. The van der Waals surface area contributed by atoms with Crippen LogP contribution in [-0.2, 0) is 23.1 Å². The van der Waals surface area contributed by atoms with Crippen LogP contribution in [0, 0.1) is 0 Å². The number of halogens is 2. The highest BCUT2D eigenvalue weighted by atomic mass is 32.1. The third kappa shape index (κ3) is 2270. The van der Waals surface area contributed by atoms with Gasteiger partial charge in [0.2, 0.25) is 0 Å². The van der Waals surface area contributed by atoms with Crippen molar-refractivity contribution in [1.82, 2.24) is 0 Å². The van der Waals surface area contributed by atoms with Crippen LogP contribution in [0.25, 0.3) is 0 Å². The maximum atomic E-state index is 8.40. The molecule has 0 unspecified atom stereocenters. The number of rotatable bonds is 0. The van der Waals surface area contributed by atoms with E-state index in [1.54, 1.807) is 0 Å². The fraction of sp³-hybridized carbons (Fsp3) is 0. The molecule has 0 aromatic rings. The quantitative estimate of drug-likeness (QED) is 0.419. The Balaban J connectivity index is -0.0000000160. The largest absolute Gasteiger partial charge is 0.269 e. The Morgan fingerprint density at radius 1 is 0.625 bits per heavy atom. The minimum atomic E-state index is -1.42. The lowest BCUT2D eigenvalue weighted by molar-refractivity contribution is 0.628. The molecule has 0 spiro atoms. The molecule has 0 aliphatic carbocycles. The SMILES string of the molecule is F.F.O=[SH2]=O.O=[SH2]=O. The van der Waals surface area contributed by atoms with E-state index in [0.29, 0.717) is 0 Å². The second kappa shape index (κ2) is 72.4. The van der Waals surface area contributed by atoms with Gasteiger partial charge in [0.15, 0.2) is 0 Å². The molecule has 0 bridgehead atoms. The van der Waals surface area contributed by atoms with Gasteiger partial charge in [-0.05, 0) is 0 Å². The average molecular weight is 172 g/mol. The molecule has 56 valence electrons. The molecule has 4 nitrogen and oxygen atoms in total. The Hall–Kier alpha value is -0.240. The van der Waals surface area contributed by atoms with Crippen molar-refractivity contribution in [2.45, 2.75) is 0 Å². The first-order chi connectivity index (χ1) is 2.83. The molecule has 0 N–H and O–H groups in total. The molecule has 0 aromatic heterocycles. The normalized spacial score (nSPS) is 4.00. The Kier molecular flexibility index (Phi) is 227. The molecular weight excluding hydrogens is 166 g/mol. The van der Waals surface area contributed by atoms with Crippen LogP contribution in [0.3, 0.4) is 0 Å². The molecule has 8 heavy (non-hydrogen) atoms. The van der Waals surface area contributed by atoms with Gasteiger partial charge < -0.3 is 0 Å². The average Bonchev–Trinajstić information content (AvgIpc) is 1.39. The van der Waals surface area contributed by atoms with Gasteiger partial charge in [0.1, 0.15) is 23.1 Å². The highest BCUT2D eigenvalue weighted by Gasteiger charge is 0.967. The second-order valence-electron chi connectivity index (χ2n) is 0.167. The van der Waals surface area contributed by atoms with E-state index in [9.17, 15) is 0 Å². The van der Waals surface area contributed by atoms with Gasteiger partial charge in [0, 0.05) is 0 Å². The summed E-state index contributed by atoms with van der Waals surface area (Å²) in [4.78, 5) is 0. The summed E-state index contributed by atoms with van der Waals surface area (Å²) in [5.41, 5.74) is 0. The van der Waals surface area contributed by atoms with Gasteiger partial charge in [-0.25, -0.2) is 16.8 Å². The zero-order chi connectivity index (χ0) is 5.41. The van der Waals surface area contributed by atoms with Crippen LogP contribution in [0.2, 0.25) is 0 Å². The Morgan fingerprint density at radius 2 is 0.625 bits per heavy atom. The van der Waals surface area contributed by atoms with E-state index in [-0.39, 0.29) is 9.41 Å². The standard InChI is InChI=1S/2FH.2H2O2S/c;;2*1-3-2/h2*1H;2*3H2. The summed E-state index contributed by atoms with van der Waals surface area (Å²) in [6.45, 7) is 0. The van der Waals surface area contributed by atoms with Gasteiger partial charge in [-0.3, -0.25) is 9.41 Å². The third-order valence-electron chi connectivity index (χ3n) is 0. The van der Waals surface area contributed by atoms with Crippen molar-refractivity contribution < 1.29 is 26.2 Å². The summed E-state index contributed by atoms with van der Waals surface area (Å²) in [6, 6.07) is 0. The lowest BCUT2D eigenvalue weighted by Crippen LogP contribution is -1.18. The van der Waals surface area contributed by atoms with Crippen molar-refractivity contribution in [2.24, 2.45) is 0 Å². The van der Waals surface area contributed by atoms with Gasteiger partial charge in [0.05, 0.1) is 0 Å². The molecule has 0 aliphatic rings. The van der Waals surface area contributed by atoms with Crippen molar-refractivity contribution in [2.75, 3.05) is 0 Å². The third-order valence-corrected chi connectivity index (χ3v) is 0. The molecule has 0 amide bonds. The summed E-state index contributed by atoms with van der Waals surface area (Å²) in [5, 5.41) is 0. The number of hydrogen-bond donors (Lipinski definition) is 0. The smallest absolute Gasteiger partial charge is 0.129 e.